The Kier molecular flexibility index (Phi) is 3.81. The predicted octanol–water partition coefficient (Wildman–Crippen LogP) is 1.17. The zero-order chi connectivity index (χ0) is 13.1. The van der Waals surface area contributed by atoms with Gasteiger partial charge in [0, 0.05) is 18.3 Å². The van der Waals surface area contributed by atoms with E-state index in [1.165, 1.54) is 6.42 Å². The number of carbonyl (C=O) groups excluding carboxylic acids is 1. The van der Waals surface area contributed by atoms with E-state index in [2.05, 4.69) is 10.3 Å². The van der Waals surface area contributed by atoms with E-state index in [4.69, 9.17) is 11.5 Å². The van der Waals surface area contributed by atoms with Gasteiger partial charge in [-0.25, -0.2) is 4.98 Å². The van der Waals surface area contributed by atoms with E-state index in [0.29, 0.717) is 11.4 Å². The minimum absolute atomic E-state index is 0.113. The second-order valence-corrected chi connectivity index (χ2v) is 4.91. The maximum absolute atomic E-state index is 11.5. The lowest BCUT2D eigenvalue weighted by atomic mass is 9.91. The highest BCUT2D eigenvalue weighted by Gasteiger charge is 2.23. The first-order valence-electron chi connectivity index (χ1n) is 6.37. The van der Waals surface area contributed by atoms with Crippen molar-refractivity contribution in [2.24, 2.45) is 11.5 Å². The molecule has 1 amide bonds. The number of hydrogen-bond acceptors (Lipinski definition) is 4. The third-order valence-electron chi connectivity index (χ3n) is 3.55. The van der Waals surface area contributed by atoms with E-state index in [-0.39, 0.29) is 12.1 Å². The summed E-state index contributed by atoms with van der Waals surface area (Å²) in [7, 11) is 0. The van der Waals surface area contributed by atoms with E-state index in [1.807, 2.05) is 6.92 Å². The molecule has 0 bridgehead atoms. The Bertz CT molecular complexity index is 447. The first-order valence-corrected chi connectivity index (χ1v) is 6.37. The van der Waals surface area contributed by atoms with Crippen molar-refractivity contribution in [3.05, 3.63) is 23.4 Å². The maximum Gasteiger partial charge on any atom is 0.252 e. The van der Waals surface area contributed by atoms with Gasteiger partial charge in [0.1, 0.15) is 5.82 Å². The van der Waals surface area contributed by atoms with Gasteiger partial charge in [-0.1, -0.05) is 12.8 Å². The predicted molar refractivity (Wildman–Crippen MR) is 71.3 cm³/mol. The average Bonchev–Trinajstić information content (AvgIpc) is 2.31. The summed E-state index contributed by atoms with van der Waals surface area (Å²) in [5, 5.41) is 3.28. The number of hydrogen-bond donors (Lipinski definition) is 3. The molecule has 1 aromatic heterocycles. The lowest BCUT2D eigenvalue weighted by Crippen LogP contribution is -2.43. The first kappa shape index (κ1) is 12.8. The molecule has 1 aliphatic carbocycles. The third kappa shape index (κ3) is 2.61. The van der Waals surface area contributed by atoms with Crippen LogP contribution in [0.15, 0.2) is 12.3 Å². The lowest BCUT2D eigenvalue weighted by molar-refractivity contribution is 0.1000. The Hall–Kier alpha value is -1.62. The van der Waals surface area contributed by atoms with E-state index in [9.17, 15) is 4.79 Å². The van der Waals surface area contributed by atoms with Gasteiger partial charge in [0.15, 0.2) is 0 Å². The molecule has 1 aliphatic rings. The van der Waals surface area contributed by atoms with Crippen molar-refractivity contribution in [2.75, 3.05) is 5.32 Å². The Labute approximate surface area is 107 Å². The maximum atomic E-state index is 11.5. The highest BCUT2D eigenvalue weighted by molar-refractivity contribution is 5.99. The fourth-order valence-corrected chi connectivity index (χ4v) is 2.49. The van der Waals surface area contributed by atoms with Gasteiger partial charge in [-0.15, -0.1) is 0 Å². The van der Waals surface area contributed by atoms with E-state index < -0.39 is 5.91 Å². The van der Waals surface area contributed by atoms with Crippen molar-refractivity contribution in [1.82, 2.24) is 4.98 Å². The zero-order valence-electron chi connectivity index (χ0n) is 10.6. The first-order chi connectivity index (χ1) is 8.59. The molecule has 0 spiro atoms. The molecule has 1 aromatic rings. The molecule has 5 nitrogen and oxygen atoms in total. The number of aryl methyl sites for hydroxylation is 1. The third-order valence-corrected chi connectivity index (χ3v) is 3.55. The molecular weight excluding hydrogens is 228 g/mol. The number of nitrogens with zero attached hydrogens (tertiary/aromatic N) is 1. The second-order valence-electron chi connectivity index (χ2n) is 4.91. The van der Waals surface area contributed by atoms with E-state index >= 15 is 0 Å². The van der Waals surface area contributed by atoms with Crippen molar-refractivity contribution in [1.29, 1.82) is 0 Å². The molecule has 1 saturated carbocycles. The summed E-state index contributed by atoms with van der Waals surface area (Å²) in [5.74, 6) is 0.109. The minimum Gasteiger partial charge on any atom is -0.365 e. The molecule has 18 heavy (non-hydrogen) atoms. The van der Waals surface area contributed by atoms with Crippen LogP contribution < -0.4 is 16.8 Å². The summed E-state index contributed by atoms with van der Waals surface area (Å²) in [6.45, 7) is 1.85. The molecule has 0 unspecified atom stereocenters. The quantitative estimate of drug-likeness (QED) is 0.748. The van der Waals surface area contributed by atoms with Crippen LogP contribution in [0.2, 0.25) is 0 Å². The van der Waals surface area contributed by atoms with Crippen LogP contribution >= 0.6 is 0 Å². The Morgan fingerprint density at radius 1 is 1.44 bits per heavy atom. The van der Waals surface area contributed by atoms with E-state index in [0.717, 1.165) is 24.8 Å². The summed E-state index contributed by atoms with van der Waals surface area (Å²) >= 11 is 0. The van der Waals surface area contributed by atoms with Gasteiger partial charge < -0.3 is 16.8 Å². The molecule has 5 heteroatoms. The number of rotatable bonds is 3. The van der Waals surface area contributed by atoms with Crippen LogP contribution in [-0.2, 0) is 0 Å². The largest absolute Gasteiger partial charge is 0.365 e. The Morgan fingerprint density at radius 3 is 2.83 bits per heavy atom. The molecule has 1 heterocycles. The summed E-state index contributed by atoms with van der Waals surface area (Å²) in [6.07, 6.45) is 6.02. The Balaban J connectivity index is 2.23. The molecule has 5 N–H and O–H groups in total. The number of nitrogens with one attached hydrogen (secondary N) is 1. The van der Waals surface area contributed by atoms with Crippen LogP contribution in [0.5, 0.6) is 0 Å². The fraction of sp³-hybridized carbons (Fsp3) is 0.538. The molecule has 2 rings (SSSR count). The monoisotopic (exact) mass is 248 g/mol. The van der Waals surface area contributed by atoms with Crippen molar-refractivity contribution in [3.63, 3.8) is 0 Å². The molecule has 98 valence electrons. The molecule has 0 aliphatic heterocycles. The number of aromatic nitrogens is 1. The summed E-state index contributed by atoms with van der Waals surface area (Å²) in [6, 6.07) is 2.07. The van der Waals surface area contributed by atoms with Crippen LogP contribution in [0.3, 0.4) is 0 Å². The van der Waals surface area contributed by atoms with Gasteiger partial charge in [0.2, 0.25) is 0 Å². The van der Waals surface area contributed by atoms with Crippen LogP contribution in [0.4, 0.5) is 5.82 Å². The molecule has 1 fully saturated rings. The fourth-order valence-electron chi connectivity index (χ4n) is 2.49. The SMILES string of the molecule is Cc1ccnc(N[C@@H]2CCCC[C@H]2N)c1C(N)=O. The minimum atomic E-state index is -0.451. The summed E-state index contributed by atoms with van der Waals surface area (Å²) < 4.78 is 0. The number of carbonyl (C=O) groups is 1. The topological polar surface area (TPSA) is 94.0 Å². The number of nitrogens with two attached hydrogens (primary N) is 2. The normalized spacial score (nSPS) is 23.7. The Morgan fingerprint density at radius 2 is 2.17 bits per heavy atom. The summed E-state index contributed by atoms with van der Waals surface area (Å²) in [4.78, 5) is 15.7. The van der Waals surface area contributed by atoms with Crippen molar-refractivity contribution >= 4 is 11.7 Å². The van der Waals surface area contributed by atoms with Gasteiger partial charge in [-0.3, -0.25) is 4.79 Å². The number of amides is 1. The second kappa shape index (κ2) is 5.35. The average molecular weight is 248 g/mol. The van der Waals surface area contributed by atoms with Crippen LogP contribution in [0.1, 0.15) is 41.6 Å². The van der Waals surface area contributed by atoms with Gasteiger partial charge in [0.25, 0.3) is 5.91 Å². The standard InChI is InChI=1S/C13H20N4O/c1-8-6-7-16-13(11(8)12(15)18)17-10-5-3-2-4-9(10)14/h6-7,9-10H,2-5,14H2,1H3,(H2,15,18)(H,16,17)/t9-,10-/m1/s1. The van der Waals surface area contributed by atoms with E-state index in [1.54, 1.807) is 12.3 Å². The zero-order valence-corrected chi connectivity index (χ0v) is 10.6. The molecule has 0 radical (unpaired) electrons. The van der Waals surface area contributed by atoms with Crippen molar-refractivity contribution < 1.29 is 4.79 Å². The highest BCUT2D eigenvalue weighted by atomic mass is 16.1. The number of anilines is 1. The molecule has 0 saturated heterocycles. The van der Waals surface area contributed by atoms with Gasteiger partial charge in [-0.2, -0.15) is 0 Å². The smallest absolute Gasteiger partial charge is 0.252 e. The van der Waals surface area contributed by atoms with Crippen LogP contribution in [0, 0.1) is 6.92 Å². The summed E-state index contributed by atoms with van der Waals surface area (Å²) in [5.41, 5.74) is 12.8. The van der Waals surface area contributed by atoms with Gasteiger partial charge in [0.05, 0.1) is 5.56 Å². The number of pyridine rings is 1. The molecular formula is C13H20N4O. The highest BCUT2D eigenvalue weighted by Crippen LogP contribution is 2.23. The van der Waals surface area contributed by atoms with Crippen molar-refractivity contribution in [2.45, 2.75) is 44.7 Å². The van der Waals surface area contributed by atoms with Crippen molar-refractivity contribution in [3.8, 4) is 0 Å². The lowest BCUT2D eigenvalue weighted by Gasteiger charge is -2.30. The van der Waals surface area contributed by atoms with Gasteiger partial charge >= 0.3 is 0 Å². The van der Waals surface area contributed by atoms with Gasteiger partial charge in [-0.05, 0) is 31.4 Å². The van der Waals surface area contributed by atoms with Crippen LogP contribution in [-0.4, -0.2) is 23.0 Å². The molecule has 2 atom stereocenters. The number of primary amides is 1. The van der Waals surface area contributed by atoms with Crippen LogP contribution in [0.25, 0.3) is 0 Å². The molecule has 0 aromatic carbocycles.